The standard InChI is InChI=1S/C41H62O/c1-34(2)20-14-23-37(5)26-17-29-38(6)27-15-24-35(3)21-12-13-22-36(4)25-16-28-39(7)30-18-31-40(8)32-19-33-41(9,10)42-11/h12-13,15-16,18,20-22,24-28,30-31H,14,17,19,23,29,32-33H2,1-11H3/b13-12+,24-15+,25-16+,30-18+,35-21+,36-22+,37-26-,38-27-,39-28+,40-31+. The third kappa shape index (κ3) is 24.9. The van der Waals surface area contributed by atoms with Crippen molar-refractivity contribution in [3.8, 4) is 0 Å². The van der Waals surface area contributed by atoms with Gasteiger partial charge in [-0.25, -0.2) is 0 Å². The predicted octanol–water partition coefficient (Wildman–Crippen LogP) is 13.0. The SMILES string of the molecule is COC(C)(C)CCC/C(C)=C/C=C/C(C)=C/C=C/C(C)=C/C=C/C=C(C)/C=C/C=C(/C)CC/C=C(/C)CCC=C(C)C. The van der Waals surface area contributed by atoms with Crippen molar-refractivity contribution in [1.29, 1.82) is 0 Å². The minimum atomic E-state index is -0.0312. The van der Waals surface area contributed by atoms with Gasteiger partial charge in [-0.3, -0.25) is 0 Å². The fourth-order valence-electron chi connectivity index (χ4n) is 3.96. The number of ether oxygens (including phenoxy) is 1. The Morgan fingerprint density at radius 1 is 0.524 bits per heavy atom. The van der Waals surface area contributed by atoms with Gasteiger partial charge in [-0.2, -0.15) is 0 Å². The lowest BCUT2D eigenvalue weighted by atomic mass is 9.99. The Morgan fingerprint density at radius 3 is 1.45 bits per heavy atom. The third-order valence-corrected chi connectivity index (χ3v) is 7.05. The van der Waals surface area contributed by atoms with Crippen LogP contribution < -0.4 is 0 Å². The maximum atomic E-state index is 5.50. The summed E-state index contributed by atoms with van der Waals surface area (Å²) in [5.74, 6) is 0. The normalized spacial score (nSPS) is 15.3. The van der Waals surface area contributed by atoms with Crippen LogP contribution in [-0.2, 0) is 4.74 Å². The maximum absolute atomic E-state index is 5.50. The second-order valence-electron chi connectivity index (χ2n) is 12.4. The molecule has 1 nitrogen and oxygen atoms in total. The average molecular weight is 571 g/mol. The van der Waals surface area contributed by atoms with E-state index in [1.807, 2.05) is 0 Å². The molecule has 0 unspecified atom stereocenters. The van der Waals surface area contributed by atoms with Crippen LogP contribution in [0, 0.1) is 0 Å². The van der Waals surface area contributed by atoms with E-state index in [9.17, 15) is 0 Å². The van der Waals surface area contributed by atoms with Crippen LogP contribution in [0.3, 0.4) is 0 Å². The van der Waals surface area contributed by atoms with Gasteiger partial charge in [0.05, 0.1) is 5.60 Å². The Bertz CT molecular complexity index is 1110. The van der Waals surface area contributed by atoms with Crippen molar-refractivity contribution in [3.05, 3.63) is 130 Å². The summed E-state index contributed by atoms with van der Waals surface area (Å²) >= 11 is 0. The quantitative estimate of drug-likeness (QED) is 0.111. The van der Waals surface area contributed by atoms with Crippen LogP contribution in [0.5, 0.6) is 0 Å². The van der Waals surface area contributed by atoms with Gasteiger partial charge in [0.1, 0.15) is 0 Å². The minimum Gasteiger partial charge on any atom is -0.379 e. The Balaban J connectivity index is 4.60. The average Bonchev–Trinajstić information content (AvgIpc) is 2.91. The maximum Gasteiger partial charge on any atom is 0.0622 e. The van der Waals surface area contributed by atoms with Gasteiger partial charge in [0, 0.05) is 7.11 Å². The van der Waals surface area contributed by atoms with Crippen LogP contribution in [0.2, 0.25) is 0 Å². The molecular formula is C41H62O. The van der Waals surface area contributed by atoms with Gasteiger partial charge in [0.25, 0.3) is 0 Å². The summed E-state index contributed by atoms with van der Waals surface area (Å²) in [6.07, 6.45) is 40.6. The molecule has 0 radical (unpaired) electrons. The van der Waals surface area contributed by atoms with Gasteiger partial charge < -0.3 is 4.74 Å². The van der Waals surface area contributed by atoms with E-state index in [4.69, 9.17) is 4.74 Å². The zero-order chi connectivity index (χ0) is 31.8. The molecule has 0 aromatic rings. The first-order valence-electron chi connectivity index (χ1n) is 15.7. The molecule has 0 bridgehead atoms. The fourth-order valence-corrected chi connectivity index (χ4v) is 3.96. The second-order valence-corrected chi connectivity index (χ2v) is 12.4. The van der Waals surface area contributed by atoms with Crippen molar-refractivity contribution in [1.82, 2.24) is 0 Å². The molecule has 1 heteroatoms. The third-order valence-electron chi connectivity index (χ3n) is 7.05. The number of hydrogen-bond acceptors (Lipinski definition) is 1. The van der Waals surface area contributed by atoms with Gasteiger partial charge in [-0.1, -0.05) is 130 Å². The highest BCUT2D eigenvalue weighted by Crippen LogP contribution is 2.19. The molecule has 0 amide bonds. The zero-order valence-corrected chi connectivity index (χ0v) is 29.0. The van der Waals surface area contributed by atoms with Crippen molar-refractivity contribution in [2.24, 2.45) is 0 Å². The van der Waals surface area contributed by atoms with Gasteiger partial charge >= 0.3 is 0 Å². The number of allylic oxidation sites excluding steroid dienone is 22. The highest BCUT2D eigenvalue weighted by atomic mass is 16.5. The van der Waals surface area contributed by atoms with E-state index in [0.29, 0.717) is 0 Å². The van der Waals surface area contributed by atoms with Crippen molar-refractivity contribution in [3.63, 3.8) is 0 Å². The molecule has 232 valence electrons. The summed E-state index contributed by atoms with van der Waals surface area (Å²) < 4.78 is 5.50. The first kappa shape index (κ1) is 39.1. The lowest BCUT2D eigenvalue weighted by Gasteiger charge is -2.22. The summed E-state index contributed by atoms with van der Waals surface area (Å²) in [7, 11) is 1.79. The fraction of sp³-hybridized carbons (Fsp3) is 0.463. The highest BCUT2D eigenvalue weighted by Gasteiger charge is 2.14. The minimum absolute atomic E-state index is 0.0312. The number of hydrogen-bond donors (Lipinski definition) is 0. The van der Waals surface area contributed by atoms with Gasteiger partial charge in [0.2, 0.25) is 0 Å². The Hall–Kier alpha value is -2.90. The lowest BCUT2D eigenvalue weighted by molar-refractivity contribution is 0.0140. The summed E-state index contributed by atoms with van der Waals surface area (Å²) in [4.78, 5) is 0. The molecule has 0 aromatic heterocycles. The molecule has 0 N–H and O–H groups in total. The van der Waals surface area contributed by atoms with Crippen LogP contribution in [0.25, 0.3) is 0 Å². The van der Waals surface area contributed by atoms with E-state index in [1.54, 1.807) is 7.11 Å². The van der Waals surface area contributed by atoms with Crippen LogP contribution in [0.1, 0.15) is 114 Å². The first-order valence-corrected chi connectivity index (χ1v) is 15.7. The smallest absolute Gasteiger partial charge is 0.0622 e. The molecule has 42 heavy (non-hydrogen) atoms. The summed E-state index contributed by atoms with van der Waals surface area (Å²) in [6.45, 7) is 21.7. The number of methoxy groups -OCH3 is 1. The summed E-state index contributed by atoms with van der Waals surface area (Å²) in [5.41, 5.74) is 9.37. The highest BCUT2D eigenvalue weighted by molar-refractivity contribution is 5.31. The van der Waals surface area contributed by atoms with Gasteiger partial charge in [0.15, 0.2) is 0 Å². The van der Waals surface area contributed by atoms with E-state index in [-0.39, 0.29) is 5.60 Å². The molecule has 0 heterocycles. The van der Waals surface area contributed by atoms with E-state index in [0.717, 1.165) is 38.5 Å². The van der Waals surface area contributed by atoms with E-state index in [1.165, 1.54) is 45.4 Å². The first-order chi connectivity index (χ1) is 19.8. The zero-order valence-electron chi connectivity index (χ0n) is 29.0. The molecular weight excluding hydrogens is 508 g/mol. The van der Waals surface area contributed by atoms with Crippen molar-refractivity contribution in [2.45, 2.75) is 120 Å². The summed E-state index contributed by atoms with van der Waals surface area (Å²) in [5, 5.41) is 0. The van der Waals surface area contributed by atoms with Crippen LogP contribution in [0.4, 0.5) is 0 Å². The van der Waals surface area contributed by atoms with E-state index in [2.05, 4.69) is 160 Å². The van der Waals surface area contributed by atoms with Crippen molar-refractivity contribution in [2.75, 3.05) is 7.11 Å². The Labute approximate surface area is 261 Å². The molecule has 0 aromatic carbocycles. The van der Waals surface area contributed by atoms with Gasteiger partial charge in [-0.15, -0.1) is 0 Å². The topological polar surface area (TPSA) is 9.23 Å². The van der Waals surface area contributed by atoms with Crippen molar-refractivity contribution < 1.29 is 4.74 Å². The molecule has 0 spiro atoms. The van der Waals surface area contributed by atoms with Crippen LogP contribution in [-0.4, -0.2) is 12.7 Å². The lowest BCUT2D eigenvalue weighted by Crippen LogP contribution is -2.21. The summed E-state index contributed by atoms with van der Waals surface area (Å²) in [6, 6.07) is 0. The monoisotopic (exact) mass is 570 g/mol. The number of rotatable bonds is 19. The predicted molar refractivity (Wildman–Crippen MR) is 192 cm³/mol. The molecule has 0 saturated heterocycles. The van der Waals surface area contributed by atoms with E-state index < -0.39 is 0 Å². The molecule has 0 aliphatic carbocycles. The largest absolute Gasteiger partial charge is 0.379 e. The van der Waals surface area contributed by atoms with E-state index >= 15 is 0 Å². The van der Waals surface area contributed by atoms with Crippen LogP contribution in [0.15, 0.2) is 130 Å². The Morgan fingerprint density at radius 2 is 0.952 bits per heavy atom. The van der Waals surface area contributed by atoms with Crippen LogP contribution >= 0.6 is 0 Å². The Kier molecular flexibility index (Phi) is 22.0. The van der Waals surface area contributed by atoms with Gasteiger partial charge in [-0.05, 0) is 114 Å². The molecule has 0 saturated carbocycles. The second kappa shape index (κ2) is 23.6. The molecule has 0 rings (SSSR count). The molecule has 0 atom stereocenters. The van der Waals surface area contributed by atoms with Crippen molar-refractivity contribution >= 4 is 0 Å². The molecule has 0 aliphatic rings. The molecule has 0 fully saturated rings. The molecule has 0 aliphatic heterocycles.